The first-order valence-corrected chi connectivity index (χ1v) is 11.6. The number of likely N-dealkylation sites (N-methyl/N-ethyl adjacent to an activating group) is 1. The second kappa shape index (κ2) is 11.1. The van der Waals surface area contributed by atoms with Crippen LogP contribution in [0.15, 0.2) is 30.3 Å². The molecule has 1 amide bonds. The molecule has 0 unspecified atom stereocenters. The number of hydrogen-bond donors (Lipinski definition) is 0. The van der Waals surface area contributed by atoms with Crippen molar-refractivity contribution < 1.29 is 4.79 Å². The maximum atomic E-state index is 13.4. The molecule has 31 heavy (non-hydrogen) atoms. The highest BCUT2D eigenvalue weighted by Gasteiger charge is 2.22. The van der Waals surface area contributed by atoms with E-state index in [1.807, 2.05) is 4.90 Å². The largest absolute Gasteiger partial charge is 0.302 e. The highest BCUT2D eigenvalue weighted by molar-refractivity contribution is 7.22. The van der Waals surface area contributed by atoms with Crippen molar-refractivity contribution in [2.45, 2.75) is 48.0 Å². The Labute approximate surface area is 196 Å². The van der Waals surface area contributed by atoms with Gasteiger partial charge < -0.3 is 4.90 Å². The molecule has 4 nitrogen and oxygen atoms in total. The van der Waals surface area contributed by atoms with E-state index >= 15 is 0 Å². The number of hydrogen-bond acceptors (Lipinski definition) is 4. The fraction of sp³-hybridized carbons (Fsp3) is 0.440. The third-order valence-electron chi connectivity index (χ3n) is 5.92. The number of benzene rings is 2. The highest BCUT2D eigenvalue weighted by atomic mass is 35.5. The van der Waals surface area contributed by atoms with Crippen LogP contribution in [-0.4, -0.2) is 42.0 Å². The minimum atomic E-state index is 0. The van der Waals surface area contributed by atoms with Crippen LogP contribution in [0, 0.1) is 27.7 Å². The third-order valence-corrected chi connectivity index (χ3v) is 7.14. The lowest BCUT2D eigenvalue weighted by Crippen LogP contribution is -2.39. The number of anilines is 1. The topological polar surface area (TPSA) is 36.4 Å². The smallest absolute Gasteiger partial charge is 0.233 e. The zero-order chi connectivity index (χ0) is 21.8. The number of halogens is 1. The molecule has 0 spiro atoms. The predicted octanol–water partition coefficient (Wildman–Crippen LogP) is 5.87. The standard InChI is InChI=1S/C25H33N3OS.ClH/c1-7-27(8-2)13-14-28(22(29)16-21-12-11-17(3)20(6)15-21)25-26-23-18(4)9-10-19(5)24(23)30-25;/h9-12,15H,7-8,13-14,16H2,1-6H3;1H. The Morgan fingerprint density at radius 3 is 2.16 bits per heavy atom. The molecule has 3 rings (SSSR count). The number of rotatable bonds is 8. The Kier molecular flexibility index (Phi) is 9.04. The summed E-state index contributed by atoms with van der Waals surface area (Å²) in [6.07, 6.45) is 0.396. The van der Waals surface area contributed by atoms with Gasteiger partial charge in [-0.2, -0.15) is 0 Å². The van der Waals surface area contributed by atoms with Crippen molar-refractivity contribution in [1.29, 1.82) is 0 Å². The molecular formula is C25H34ClN3OS. The summed E-state index contributed by atoms with van der Waals surface area (Å²) < 4.78 is 1.18. The van der Waals surface area contributed by atoms with Gasteiger partial charge in [-0.1, -0.05) is 55.5 Å². The molecular weight excluding hydrogens is 426 g/mol. The molecule has 0 aliphatic heterocycles. The summed E-state index contributed by atoms with van der Waals surface area (Å²) in [4.78, 5) is 22.6. The Hall–Kier alpha value is -1.95. The van der Waals surface area contributed by atoms with Gasteiger partial charge in [0.1, 0.15) is 0 Å². The molecule has 0 aliphatic rings. The maximum absolute atomic E-state index is 13.4. The van der Waals surface area contributed by atoms with Crippen LogP contribution >= 0.6 is 23.7 Å². The fourth-order valence-electron chi connectivity index (χ4n) is 3.66. The average molecular weight is 460 g/mol. The Bertz CT molecular complexity index is 1000. The molecule has 2 aromatic carbocycles. The van der Waals surface area contributed by atoms with Gasteiger partial charge in [-0.3, -0.25) is 9.69 Å². The van der Waals surface area contributed by atoms with Crippen LogP contribution < -0.4 is 4.90 Å². The van der Waals surface area contributed by atoms with Gasteiger partial charge in [0.25, 0.3) is 0 Å². The van der Waals surface area contributed by atoms with E-state index in [-0.39, 0.29) is 18.3 Å². The van der Waals surface area contributed by atoms with Crippen LogP contribution in [0.3, 0.4) is 0 Å². The number of aryl methyl sites for hydroxylation is 4. The molecule has 6 heteroatoms. The van der Waals surface area contributed by atoms with Crippen molar-refractivity contribution in [2.75, 3.05) is 31.1 Å². The van der Waals surface area contributed by atoms with Gasteiger partial charge in [0.2, 0.25) is 5.91 Å². The molecule has 168 valence electrons. The molecule has 0 saturated heterocycles. The number of fused-ring (bicyclic) bond motifs is 1. The summed E-state index contributed by atoms with van der Waals surface area (Å²) in [5, 5.41) is 0.809. The highest BCUT2D eigenvalue weighted by Crippen LogP contribution is 2.33. The normalized spacial score (nSPS) is 11.1. The van der Waals surface area contributed by atoms with Gasteiger partial charge in [-0.15, -0.1) is 12.4 Å². The molecule has 0 bridgehead atoms. The van der Waals surface area contributed by atoms with Crippen LogP contribution in [0.5, 0.6) is 0 Å². The summed E-state index contributed by atoms with van der Waals surface area (Å²) in [5.41, 5.74) is 6.92. The van der Waals surface area contributed by atoms with E-state index in [0.29, 0.717) is 13.0 Å². The van der Waals surface area contributed by atoms with E-state index in [2.05, 4.69) is 76.8 Å². The molecule has 0 atom stereocenters. The van der Waals surface area contributed by atoms with Gasteiger partial charge in [0.05, 0.1) is 16.6 Å². The van der Waals surface area contributed by atoms with Gasteiger partial charge in [-0.05, 0) is 68.6 Å². The SMILES string of the molecule is CCN(CC)CCN(C(=O)Cc1ccc(C)c(C)c1)c1nc2c(C)ccc(C)c2s1.Cl. The van der Waals surface area contributed by atoms with Gasteiger partial charge in [0, 0.05) is 13.1 Å². The van der Waals surface area contributed by atoms with Crippen molar-refractivity contribution in [3.8, 4) is 0 Å². The summed E-state index contributed by atoms with van der Waals surface area (Å²) in [7, 11) is 0. The van der Waals surface area contributed by atoms with Crippen LogP contribution in [0.25, 0.3) is 10.2 Å². The van der Waals surface area contributed by atoms with E-state index < -0.39 is 0 Å². The quantitative estimate of drug-likeness (QED) is 0.422. The van der Waals surface area contributed by atoms with Crippen LogP contribution in [0.4, 0.5) is 5.13 Å². The minimum absolute atomic E-state index is 0. The summed E-state index contributed by atoms with van der Waals surface area (Å²) in [5.74, 6) is 0.111. The van der Waals surface area contributed by atoms with Gasteiger partial charge in [-0.25, -0.2) is 4.98 Å². The van der Waals surface area contributed by atoms with Crippen molar-refractivity contribution >= 4 is 45.0 Å². The Balaban J connectivity index is 0.00000341. The van der Waals surface area contributed by atoms with Crippen molar-refractivity contribution in [3.63, 3.8) is 0 Å². The van der Waals surface area contributed by atoms with Gasteiger partial charge >= 0.3 is 0 Å². The number of nitrogens with zero attached hydrogens (tertiary/aromatic N) is 3. The number of carbonyl (C=O) groups excluding carboxylic acids is 1. The van der Waals surface area contributed by atoms with E-state index in [4.69, 9.17) is 4.98 Å². The van der Waals surface area contributed by atoms with Gasteiger partial charge in [0.15, 0.2) is 5.13 Å². The Morgan fingerprint density at radius 2 is 1.55 bits per heavy atom. The lowest BCUT2D eigenvalue weighted by atomic mass is 10.0. The molecule has 3 aromatic rings. The second-order valence-corrected chi connectivity index (χ2v) is 9.02. The Morgan fingerprint density at radius 1 is 0.903 bits per heavy atom. The summed E-state index contributed by atoms with van der Waals surface area (Å²) >= 11 is 1.63. The number of carbonyl (C=O) groups is 1. The first kappa shape index (κ1) is 25.3. The molecule has 0 saturated carbocycles. The first-order valence-electron chi connectivity index (χ1n) is 10.8. The maximum Gasteiger partial charge on any atom is 0.233 e. The molecule has 0 N–H and O–H groups in total. The van der Waals surface area contributed by atoms with Crippen LogP contribution in [0.1, 0.15) is 41.7 Å². The minimum Gasteiger partial charge on any atom is -0.302 e. The van der Waals surface area contributed by atoms with Crippen LogP contribution in [-0.2, 0) is 11.2 Å². The number of aromatic nitrogens is 1. The predicted molar refractivity (Wildman–Crippen MR) is 136 cm³/mol. The average Bonchev–Trinajstić information content (AvgIpc) is 3.17. The molecule has 1 aromatic heterocycles. The molecule has 1 heterocycles. The zero-order valence-corrected chi connectivity index (χ0v) is 21.1. The fourth-order valence-corrected chi connectivity index (χ4v) is 4.81. The summed E-state index contributed by atoms with van der Waals surface area (Å²) in [6, 6.07) is 10.5. The number of amides is 1. The number of thiazole rings is 1. The molecule has 0 fully saturated rings. The first-order chi connectivity index (χ1) is 14.3. The van der Waals surface area contributed by atoms with E-state index in [1.54, 1.807) is 11.3 Å². The molecule has 0 radical (unpaired) electrons. The third kappa shape index (κ3) is 5.85. The van der Waals surface area contributed by atoms with Crippen molar-refractivity contribution in [1.82, 2.24) is 9.88 Å². The lowest BCUT2D eigenvalue weighted by Gasteiger charge is -2.25. The van der Waals surface area contributed by atoms with Crippen LogP contribution in [0.2, 0.25) is 0 Å². The monoisotopic (exact) mass is 459 g/mol. The van der Waals surface area contributed by atoms with E-state index in [9.17, 15) is 4.79 Å². The van der Waals surface area contributed by atoms with E-state index in [1.165, 1.54) is 21.4 Å². The van der Waals surface area contributed by atoms with E-state index in [0.717, 1.165) is 41.4 Å². The molecule has 0 aliphatic carbocycles. The second-order valence-electron chi connectivity index (χ2n) is 8.04. The van der Waals surface area contributed by atoms with Crippen molar-refractivity contribution in [2.24, 2.45) is 0 Å². The zero-order valence-electron chi connectivity index (χ0n) is 19.5. The summed E-state index contributed by atoms with van der Waals surface area (Å²) in [6.45, 7) is 16.2. The lowest BCUT2D eigenvalue weighted by molar-refractivity contribution is -0.118. The van der Waals surface area contributed by atoms with Crippen molar-refractivity contribution in [3.05, 3.63) is 58.1 Å².